The fraction of sp³-hybridized carbons (Fsp3) is 0.385. The smallest absolute Gasteiger partial charge is 0.303 e. The number of halogens is 2. The van der Waals surface area contributed by atoms with E-state index in [1.807, 2.05) is 0 Å². The molecule has 0 radical (unpaired) electrons. The highest BCUT2D eigenvalue weighted by Crippen LogP contribution is 2.26. The molecule has 1 aromatic rings. The van der Waals surface area contributed by atoms with Gasteiger partial charge in [-0.05, 0) is 39.5 Å². The highest BCUT2D eigenvalue weighted by Gasteiger charge is 2.25. The second-order valence-electron chi connectivity index (χ2n) is 5.09. The summed E-state index contributed by atoms with van der Waals surface area (Å²) in [5.74, 6) is -1.66. The SMILES string of the molecule is CC(C)(CC(=O)O)CC(=O)Nc1ccc(F)c(Br)c1. The van der Waals surface area contributed by atoms with Crippen molar-refractivity contribution in [3.05, 3.63) is 28.5 Å². The zero-order valence-corrected chi connectivity index (χ0v) is 12.3. The summed E-state index contributed by atoms with van der Waals surface area (Å²) in [5, 5.41) is 11.3. The van der Waals surface area contributed by atoms with Gasteiger partial charge in [-0.1, -0.05) is 13.8 Å². The summed E-state index contributed by atoms with van der Waals surface area (Å²) in [6.07, 6.45) is -0.0121. The molecule has 2 N–H and O–H groups in total. The van der Waals surface area contributed by atoms with E-state index in [9.17, 15) is 14.0 Å². The van der Waals surface area contributed by atoms with Gasteiger partial charge >= 0.3 is 5.97 Å². The topological polar surface area (TPSA) is 66.4 Å². The van der Waals surface area contributed by atoms with Crippen LogP contribution in [0.15, 0.2) is 22.7 Å². The van der Waals surface area contributed by atoms with E-state index in [0.29, 0.717) is 5.69 Å². The number of rotatable bonds is 5. The Balaban J connectivity index is 2.64. The van der Waals surface area contributed by atoms with Crippen LogP contribution in [0.3, 0.4) is 0 Å². The molecule has 0 heterocycles. The van der Waals surface area contributed by atoms with E-state index in [0.717, 1.165) is 0 Å². The predicted octanol–water partition coefficient (Wildman–Crippen LogP) is 3.42. The molecule has 0 saturated heterocycles. The number of aliphatic carboxylic acids is 1. The van der Waals surface area contributed by atoms with E-state index < -0.39 is 17.2 Å². The summed E-state index contributed by atoms with van der Waals surface area (Å²) in [6, 6.07) is 4.14. The van der Waals surface area contributed by atoms with Crippen molar-refractivity contribution in [2.24, 2.45) is 5.41 Å². The van der Waals surface area contributed by atoms with Crippen molar-refractivity contribution in [2.75, 3.05) is 5.32 Å². The van der Waals surface area contributed by atoms with Crippen LogP contribution in [0.25, 0.3) is 0 Å². The minimum Gasteiger partial charge on any atom is -0.481 e. The number of hydrogen-bond donors (Lipinski definition) is 2. The molecule has 4 nitrogen and oxygen atoms in total. The van der Waals surface area contributed by atoms with Crippen LogP contribution in [-0.4, -0.2) is 17.0 Å². The summed E-state index contributed by atoms with van der Waals surface area (Å²) in [6.45, 7) is 3.42. The first kappa shape index (κ1) is 15.6. The van der Waals surface area contributed by atoms with Gasteiger partial charge in [0.2, 0.25) is 5.91 Å². The number of carbonyl (C=O) groups excluding carboxylic acids is 1. The number of amides is 1. The first-order chi connectivity index (χ1) is 8.69. The highest BCUT2D eigenvalue weighted by molar-refractivity contribution is 9.10. The molecule has 104 valence electrons. The molecule has 1 amide bonds. The Morgan fingerprint density at radius 1 is 1.37 bits per heavy atom. The van der Waals surface area contributed by atoms with Gasteiger partial charge in [-0.2, -0.15) is 0 Å². The standard InChI is InChI=1S/C13H15BrFNO3/c1-13(2,7-12(18)19)6-11(17)16-8-3-4-10(15)9(14)5-8/h3-5H,6-7H2,1-2H3,(H,16,17)(H,18,19). The van der Waals surface area contributed by atoms with Gasteiger partial charge < -0.3 is 10.4 Å². The molecule has 0 aliphatic carbocycles. The maximum Gasteiger partial charge on any atom is 0.303 e. The minimum atomic E-state index is -0.942. The third kappa shape index (κ3) is 5.38. The lowest BCUT2D eigenvalue weighted by molar-refractivity contribution is -0.139. The Hall–Kier alpha value is -1.43. The molecule has 19 heavy (non-hydrogen) atoms. The maximum absolute atomic E-state index is 13.0. The second-order valence-corrected chi connectivity index (χ2v) is 5.94. The van der Waals surface area contributed by atoms with Gasteiger partial charge in [-0.15, -0.1) is 0 Å². The molecular formula is C13H15BrFNO3. The van der Waals surface area contributed by atoms with Crippen LogP contribution >= 0.6 is 15.9 Å². The van der Waals surface area contributed by atoms with Gasteiger partial charge in [0.1, 0.15) is 5.82 Å². The van der Waals surface area contributed by atoms with Crippen molar-refractivity contribution in [1.82, 2.24) is 0 Å². The van der Waals surface area contributed by atoms with E-state index in [4.69, 9.17) is 5.11 Å². The van der Waals surface area contributed by atoms with Crippen LogP contribution in [0, 0.1) is 11.2 Å². The van der Waals surface area contributed by atoms with Crippen molar-refractivity contribution >= 4 is 33.5 Å². The Bertz CT molecular complexity index is 503. The molecule has 0 spiro atoms. The lowest BCUT2D eigenvalue weighted by atomic mass is 9.85. The summed E-state index contributed by atoms with van der Waals surface area (Å²) in [5.41, 5.74) is -0.169. The largest absolute Gasteiger partial charge is 0.481 e. The van der Waals surface area contributed by atoms with E-state index in [2.05, 4.69) is 21.2 Å². The molecule has 0 saturated carbocycles. The van der Waals surface area contributed by atoms with Gasteiger partial charge in [0.25, 0.3) is 0 Å². The number of anilines is 1. The molecule has 1 rings (SSSR count). The number of carboxylic acid groups (broad SMARTS) is 1. The van der Waals surface area contributed by atoms with Gasteiger partial charge in [-0.25, -0.2) is 4.39 Å². The summed E-state index contributed by atoms with van der Waals surface area (Å²) in [4.78, 5) is 22.4. The summed E-state index contributed by atoms with van der Waals surface area (Å²) in [7, 11) is 0. The van der Waals surface area contributed by atoms with Gasteiger partial charge in [-0.3, -0.25) is 9.59 Å². The maximum atomic E-state index is 13.0. The molecule has 0 aliphatic heterocycles. The van der Waals surface area contributed by atoms with E-state index in [1.54, 1.807) is 13.8 Å². The fourth-order valence-electron chi connectivity index (χ4n) is 1.69. The molecule has 0 fully saturated rings. The quantitative estimate of drug-likeness (QED) is 0.868. The molecule has 1 aromatic carbocycles. The minimum absolute atomic E-state index is 0.0777. The van der Waals surface area contributed by atoms with Crippen molar-refractivity contribution in [3.8, 4) is 0 Å². The summed E-state index contributed by atoms with van der Waals surface area (Å²) < 4.78 is 13.3. The average molecular weight is 332 g/mol. The van der Waals surface area contributed by atoms with Crippen LogP contribution in [0.2, 0.25) is 0 Å². The lowest BCUT2D eigenvalue weighted by Gasteiger charge is -2.21. The van der Waals surface area contributed by atoms with Crippen LogP contribution in [0.1, 0.15) is 26.7 Å². The Kier molecular flexibility index (Phi) is 5.05. The number of hydrogen-bond acceptors (Lipinski definition) is 2. The van der Waals surface area contributed by atoms with Gasteiger partial charge in [0, 0.05) is 12.1 Å². The van der Waals surface area contributed by atoms with Crippen molar-refractivity contribution in [3.63, 3.8) is 0 Å². The van der Waals surface area contributed by atoms with Crippen LogP contribution in [-0.2, 0) is 9.59 Å². The van der Waals surface area contributed by atoms with Gasteiger partial charge in [0.15, 0.2) is 0 Å². The van der Waals surface area contributed by atoms with E-state index in [-0.39, 0.29) is 23.2 Å². The third-order valence-corrected chi connectivity index (χ3v) is 3.08. The van der Waals surface area contributed by atoms with Crippen molar-refractivity contribution in [1.29, 1.82) is 0 Å². The Morgan fingerprint density at radius 2 is 2.00 bits per heavy atom. The fourth-order valence-corrected chi connectivity index (χ4v) is 2.06. The number of carbonyl (C=O) groups is 2. The Morgan fingerprint density at radius 3 is 2.53 bits per heavy atom. The molecule has 0 unspecified atom stereocenters. The Labute approximate surface area is 119 Å². The molecule has 0 aliphatic rings. The van der Waals surface area contributed by atoms with Crippen LogP contribution in [0.4, 0.5) is 10.1 Å². The first-order valence-corrected chi connectivity index (χ1v) is 6.46. The van der Waals surface area contributed by atoms with E-state index >= 15 is 0 Å². The third-order valence-electron chi connectivity index (χ3n) is 2.47. The molecule has 0 aromatic heterocycles. The second kappa shape index (κ2) is 6.14. The monoisotopic (exact) mass is 331 g/mol. The normalized spacial score (nSPS) is 11.2. The number of nitrogens with one attached hydrogen (secondary N) is 1. The van der Waals surface area contributed by atoms with Gasteiger partial charge in [0.05, 0.1) is 10.9 Å². The van der Waals surface area contributed by atoms with Crippen LogP contribution < -0.4 is 5.32 Å². The predicted molar refractivity (Wildman–Crippen MR) is 73.4 cm³/mol. The lowest BCUT2D eigenvalue weighted by Crippen LogP contribution is -2.24. The summed E-state index contributed by atoms with van der Waals surface area (Å²) >= 11 is 3.03. The number of benzene rings is 1. The number of carboxylic acids is 1. The molecule has 6 heteroatoms. The first-order valence-electron chi connectivity index (χ1n) is 5.66. The zero-order valence-electron chi connectivity index (χ0n) is 10.7. The molecule has 0 atom stereocenters. The van der Waals surface area contributed by atoms with Crippen molar-refractivity contribution in [2.45, 2.75) is 26.7 Å². The van der Waals surface area contributed by atoms with Crippen LogP contribution in [0.5, 0.6) is 0 Å². The highest BCUT2D eigenvalue weighted by atomic mass is 79.9. The molecule has 0 bridgehead atoms. The molecular weight excluding hydrogens is 317 g/mol. The van der Waals surface area contributed by atoms with Crippen molar-refractivity contribution < 1.29 is 19.1 Å². The zero-order chi connectivity index (χ0) is 14.6. The van der Waals surface area contributed by atoms with E-state index in [1.165, 1.54) is 18.2 Å². The average Bonchev–Trinajstić information content (AvgIpc) is 2.20.